The van der Waals surface area contributed by atoms with Crippen LogP contribution in [0.5, 0.6) is 0 Å². The number of likely N-dealkylation sites (tertiary alicyclic amines) is 1. The SMILES string of the molecule is CN(C)Cc1ccccc1-c1ccc2n(c1=O)C[C@@H]1C[C@@H]2CN(C(=O)c2ccncc2)C1. The number of amides is 1. The fraction of sp³-hybridized carbons (Fsp3) is 0.346. The number of nitrogens with zero attached hydrogens (tertiary/aromatic N) is 4. The van der Waals surface area contributed by atoms with E-state index in [1.807, 2.05) is 47.8 Å². The molecular formula is C26H28N4O2. The summed E-state index contributed by atoms with van der Waals surface area (Å²) in [6, 6.07) is 15.8. The number of carbonyl (C=O) groups is 1. The van der Waals surface area contributed by atoms with Crippen LogP contribution >= 0.6 is 0 Å². The number of rotatable bonds is 4. The zero-order valence-electron chi connectivity index (χ0n) is 18.6. The molecule has 1 aromatic carbocycles. The summed E-state index contributed by atoms with van der Waals surface area (Å²) in [5.74, 6) is 0.524. The first-order chi connectivity index (χ1) is 15.5. The minimum Gasteiger partial charge on any atom is -0.338 e. The van der Waals surface area contributed by atoms with Gasteiger partial charge in [0.1, 0.15) is 0 Å². The number of benzene rings is 1. The van der Waals surface area contributed by atoms with Crippen LogP contribution in [0.4, 0.5) is 0 Å². The van der Waals surface area contributed by atoms with E-state index < -0.39 is 0 Å². The zero-order valence-corrected chi connectivity index (χ0v) is 18.6. The molecule has 0 spiro atoms. The van der Waals surface area contributed by atoms with Gasteiger partial charge < -0.3 is 14.4 Å². The van der Waals surface area contributed by atoms with Gasteiger partial charge in [-0.25, -0.2) is 0 Å². The van der Waals surface area contributed by atoms with Gasteiger partial charge in [-0.1, -0.05) is 24.3 Å². The number of aromatic nitrogens is 2. The van der Waals surface area contributed by atoms with Gasteiger partial charge in [0.15, 0.2) is 0 Å². The Hall–Kier alpha value is -3.25. The summed E-state index contributed by atoms with van der Waals surface area (Å²) >= 11 is 0. The third kappa shape index (κ3) is 3.75. The molecule has 164 valence electrons. The van der Waals surface area contributed by atoms with E-state index in [9.17, 15) is 9.59 Å². The third-order valence-electron chi connectivity index (χ3n) is 6.61. The van der Waals surface area contributed by atoms with Crippen molar-refractivity contribution in [1.82, 2.24) is 19.4 Å². The van der Waals surface area contributed by atoms with E-state index in [-0.39, 0.29) is 23.3 Å². The highest BCUT2D eigenvalue weighted by Crippen LogP contribution is 2.36. The van der Waals surface area contributed by atoms with E-state index in [2.05, 4.69) is 22.0 Å². The van der Waals surface area contributed by atoms with Crippen LogP contribution in [0.15, 0.2) is 65.7 Å². The second-order valence-corrected chi connectivity index (χ2v) is 9.23. The number of fused-ring (bicyclic) bond motifs is 4. The minimum atomic E-state index is 0.0483. The lowest BCUT2D eigenvalue weighted by Gasteiger charge is -2.43. The number of piperidine rings is 1. The molecule has 0 N–H and O–H groups in total. The Morgan fingerprint density at radius 2 is 1.78 bits per heavy atom. The van der Waals surface area contributed by atoms with E-state index in [0.29, 0.717) is 25.2 Å². The molecule has 1 fully saturated rings. The van der Waals surface area contributed by atoms with Crippen LogP contribution in [0, 0.1) is 5.92 Å². The third-order valence-corrected chi connectivity index (χ3v) is 6.61. The predicted molar refractivity (Wildman–Crippen MR) is 125 cm³/mol. The first-order valence-corrected chi connectivity index (χ1v) is 11.2. The Bertz CT molecular complexity index is 1200. The van der Waals surface area contributed by atoms with Crippen molar-refractivity contribution < 1.29 is 4.79 Å². The Kier molecular flexibility index (Phi) is 5.39. The van der Waals surface area contributed by atoms with Gasteiger partial charge >= 0.3 is 0 Å². The molecule has 0 unspecified atom stereocenters. The second kappa shape index (κ2) is 8.36. The minimum absolute atomic E-state index is 0.0483. The molecule has 2 bridgehead atoms. The highest BCUT2D eigenvalue weighted by molar-refractivity contribution is 5.94. The largest absolute Gasteiger partial charge is 0.338 e. The van der Waals surface area contributed by atoms with Gasteiger partial charge in [-0.2, -0.15) is 0 Å². The van der Waals surface area contributed by atoms with Gasteiger partial charge in [0.05, 0.1) is 0 Å². The number of hydrogen-bond donors (Lipinski definition) is 0. The van der Waals surface area contributed by atoms with Gasteiger partial charge in [-0.3, -0.25) is 14.6 Å². The Balaban J connectivity index is 1.47. The van der Waals surface area contributed by atoms with Gasteiger partial charge in [0.25, 0.3) is 11.5 Å². The number of pyridine rings is 2. The summed E-state index contributed by atoms with van der Waals surface area (Å²) < 4.78 is 1.97. The van der Waals surface area contributed by atoms with Crippen LogP contribution < -0.4 is 5.56 Å². The van der Waals surface area contributed by atoms with Gasteiger partial charge in [0, 0.05) is 61.3 Å². The molecule has 0 radical (unpaired) electrons. The van der Waals surface area contributed by atoms with E-state index in [1.165, 1.54) is 0 Å². The summed E-state index contributed by atoms with van der Waals surface area (Å²) in [5, 5.41) is 0. The van der Waals surface area contributed by atoms with E-state index in [1.54, 1.807) is 24.5 Å². The highest BCUT2D eigenvalue weighted by atomic mass is 16.2. The summed E-state index contributed by atoms with van der Waals surface area (Å²) in [4.78, 5) is 34.7. The van der Waals surface area contributed by atoms with Crippen molar-refractivity contribution in [3.63, 3.8) is 0 Å². The van der Waals surface area contributed by atoms with Crippen molar-refractivity contribution in [3.05, 3.63) is 88.1 Å². The van der Waals surface area contributed by atoms with Crippen molar-refractivity contribution in [2.75, 3.05) is 27.2 Å². The molecule has 2 aromatic heterocycles. The normalized spacial score (nSPS) is 19.7. The molecule has 6 nitrogen and oxygen atoms in total. The summed E-state index contributed by atoms with van der Waals surface area (Å²) in [7, 11) is 4.08. The average Bonchev–Trinajstić information content (AvgIpc) is 2.80. The molecule has 4 heterocycles. The van der Waals surface area contributed by atoms with Crippen LogP contribution in [0.2, 0.25) is 0 Å². The molecule has 5 rings (SSSR count). The smallest absolute Gasteiger partial charge is 0.258 e. The lowest BCUT2D eigenvalue weighted by atomic mass is 9.82. The molecule has 3 aromatic rings. The van der Waals surface area contributed by atoms with Crippen LogP contribution in [0.1, 0.15) is 34.0 Å². The molecular weight excluding hydrogens is 400 g/mol. The van der Waals surface area contributed by atoms with Gasteiger partial charge in [0.2, 0.25) is 0 Å². The van der Waals surface area contributed by atoms with Crippen molar-refractivity contribution in [1.29, 1.82) is 0 Å². The second-order valence-electron chi connectivity index (χ2n) is 9.23. The molecule has 2 aliphatic rings. The Labute approximate surface area is 188 Å². The molecule has 32 heavy (non-hydrogen) atoms. The van der Waals surface area contributed by atoms with Gasteiger partial charge in [-0.05, 0) is 61.8 Å². The van der Waals surface area contributed by atoms with Crippen LogP contribution in [-0.2, 0) is 13.1 Å². The van der Waals surface area contributed by atoms with E-state index in [4.69, 9.17) is 0 Å². The maximum Gasteiger partial charge on any atom is 0.258 e. The number of hydrogen-bond acceptors (Lipinski definition) is 4. The molecule has 0 saturated carbocycles. The molecule has 2 atom stereocenters. The first kappa shape index (κ1) is 20.6. The molecule has 1 saturated heterocycles. The predicted octanol–water partition coefficient (Wildman–Crippen LogP) is 3.23. The monoisotopic (exact) mass is 428 g/mol. The van der Waals surface area contributed by atoms with Gasteiger partial charge in [-0.15, -0.1) is 0 Å². The zero-order chi connectivity index (χ0) is 22.2. The molecule has 6 heteroatoms. The fourth-order valence-electron chi connectivity index (χ4n) is 5.26. The highest BCUT2D eigenvalue weighted by Gasteiger charge is 2.37. The molecule has 0 aliphatic carbocycles. The summed E-state index contributed by atoms with van der Waals surface area (Å²) in [5.41, 5.74) is 4.72. The van der Waals surface area contributed by atoms with E-state index >= 15 is 0 Å². The molecule has 1 amide bonds. The average molecular weight is 429 g/mol. The van der Waals surface area contributed by atoms with Crippen molar-refractivity contribution >= 4 is 5.91 Å². The lowest BCUT2D eigenvalue weighted by molar-refractivity contribution is 0.0594. The maximum atomic E-state index is 13.6. The lowest BCUT2D eigenvalue weighted by Crippen LogP contribution is -2.49. The van der Waals surface area contributed by atoms with Crippen LogP contribution in [0.3, 0.4) is 0 Å². The van der Waals surface area contributed by atoms with Crippen molar-refractivity contribution in [2.24, 2.45) is 5.92 Å². The van der Waals surface area contributed by atoms with Crippen LogP contribution in [-0.4, -0.2) is 52.4 Å². The standard InChI is InChI=1S/C26H28N4O2/c1-28(2)16-20-5-3-4-6-22(20)23-7-8-24-21-13-18(15-30(24)26(23)32)14-29(17-21)25(31)19-9-11-27-12-10-19/h3-12,18,21H,13-17H2,1-2H3/t18-,21-/m1/s1. The van der Waals surface area contributed by atoms with E-state index in [0.717, 1.165) is 35.3 Å². The topological polar surface area (TPSA) is 58.4 Å². The maximum absolute atomic E-state index is 13.6. The van der Waals surface area contributed by atoms with Crippen LogP contribution in [0.25, 0.3) is 11.1 Å². The quantitative estimate of drug-likeness (QED) is 0.640. The van der Waals surface area contributed by atoms with Crippen molar-refractivity contribution in [3.8, 4) is 11.1 Å². The summed E-state index contributed by atoms with van der Waals surface area (Å²) in [6.45, 7) is 2.78. The van der Waals surface area contributed by atoms with Crippen molar-refractivity contribution in [2.45, 2.75) is 25.4 Å². The Morgan fingerprint density at radius 3 is 2.56 bits per heavy atom. The molecule has 2 aliphatic heterocycles. The summed E-state index contributed by atoms with van der Waals surface area (Å²) in [6.07, 6.45) is 4.33. The number of carbonyl (C=O) groups excluding carboxylic acids is 1. The Morgan fingerprint density at radius 1 is 1.00 bits per heavy atom. The fourth-order valence-corrected chi connectivity index (χ4v) is 5.26. The first-order valence-electron chi connectivity index (χ1n) is 11.2.